The van der Waals surface area contributed by atoms with E-state index < -0.39 is 0 Å². The quantitative estimate of drug-likeness (QED) is 0.653. The summed E-state index contributed by atoms with van der Waals surface area (Å²) in [7, 11) is 0. The molecule has 0 bridgehead atoms. The van der Waals surface area contributed by atoms with Crippen molar-refractivity contribution in [3.63, 3.8) is 0 Å². The summed E-state index contributed by atoms with van der Waals surface area (Å²) in [6.07, 6.45) is 1.36. The van der Waals surface area contributed by atoms with E-state index >= 15 is 0 Å². The van der Waals surface area contributed by atoms with Crippen LogP contribution in [0.1, 0.15) is 20.3 Å². The van der Waals surface area contributed by atoms with Crippen LogP contribution in [0, 0.1) is 0 Å². The molecule has 0 aromatic rings. The van der Waals surface area contributed by atoms with E-state index in [0.29, 0.717) is 13.0 Å². The molecule has 1 rings (SSSR count). The number of nitrogens with zero attached hydrogens (tertiary/aromatic N) is 1. The molecule has 0 aromatic heterocycles. The van der Waals surface area contributed by atoms with Gasteiger partial charge >= 0.3 is 0 Å². The van der Waals surface area contributed by atoms with Crippen LogP contribution in [-0.4, -0.2) is 54.2 Å². The summed E-state index contributed by atoms with van der Waals surface area (Å²) in [5.41, 5.74) is -0.228. The number of hydrogen-bond acceptors (Lipinski definition) is 4. The Kier molecular flexibility index (Phi) is 4.04. The molecule has 1 fully saturated rings. The smallest absolute Gasteiger partial charge is 0.121 e. The standard InChI is InChI=1S/C10H19NO3/c1-10(2)8-11(4-3-5-12)6-9(7-13)14-10/h5,9,13H,3-4,6-8H2,1-2H3. The summed E-state index contributed by atoms with van der Waals surface area (Å²) in [6.45, 7) is 6.34. The van der Waals surface area contributed by atoms with Crippen LogP contribution in [0.2, 0.25) is 0 Å². The summed E-state index contributed by atoms with van der Waals surface area (Å²) in [6, 6.07) is 0. The normalized spacial score (nSPS) is 27.5. The van der Waals surface area contributed by atoms with E-state index in [9.17, 15) is 4.79 Å². The minimum Gasteiger partial charge on any atom is -0.394 e. The van der Waals surface area contributed by atoms with Gasteiger partial charge in [0, 0.05) is 26.1 Å². The van der Waals surface area contributed by atoms with Crippen LogP contribution in [0.3, 0.4) is 0 Å². The summed E-state index contributed by atoms with van der Waals surface area (Å²) >= 11 is 0. The van der Waals surface area contributed by atoms with Crippen molar-refractivity contribution < 1.29 is 14.6 Å². The Morgan fingerprint density at radius 2 is 2.36 bits per heavy atom. The van der Waals surface area contributed by atoms with Crippen molar-refractivity contribution in [2.24, 2.45) is 0 Å². The number of hydrogen-bond donors (Lipinski definition) is 1. The van der Waals surface area contributed by atoms with Gasteiger partial charge in [0.15, 0.2) is 0 Å². The maximum absolute atomic E-state index is 10.3. The van der Waals surface area contributed by atoms with Crippen LogP contribution in [0.5, 0.6) is 0 Å². The highest BCUT2D eigenvalue weighted by Gasteiger charge is 2.32. The van der Waals surface area contributed by atoms with Gasteiger partial charge in [-0.05, 0) is 13.8 Å². The third-order valence-corrected chi connectivity index (χ3v) is 2.32. The maximum atomic E-state index is 10.3. The predicted molar refractivity (Wildman–Crippen MR) is 53.2 cm³/mol. The second kappa shape index (κ2) is 4.87. The van der Waals surface area contributed by atoms with E-state index in [1.165, 1.54) is 0 Å². The maximum Gasteiger partial charge on any atom is 0.121 e. The number of aliphatic hydroxyl groups excluding tert-OH is 1. The highest BCUT2D eigenvalue weighted by atomic mass is 16.5. The molecule has 0 amide bonds. The molecule has 1 N–H and O–H groups in total. The fourth-order valence-corrected chi connectivity index (χ4v) is 1.92. The number of aliphatic hydroxyl groups is 1. The molecule has 0 aromatic carbocycles. The first-order valence-electron chi connectivity index (χ1n) is 5.02. The van der Waals surface area contributed by atoms with Crippen LogP contribution in [0.25, 0.3) is 0 Å². The molecule has 1 aliphatic rings. The first-order valence-corrected chi connectivity index (χ1v) is 5.02. The fourth-order valence-electron chi connectivity index (χ4n) is 1.92. The molecule has 0 radical (unpaired) electrons. The molecule has 1 saturated heterocycles. The van der Waals surface area contributed by atoms with Gasteiger partial charge in [-0.25, -0.2) is 0 Å². The van der Waals surface area contributed by atoms with Crippen LogP contribution in [0.4, 0.5) is 0 Å². The number of carbonyl (C=O) groups is 1. The van der Waals surface area contributed by atoms with Crippen LogP contribution in [-0.2, 0) is 9.53 Å². The van der Waals surface area contributed by atoms with Crippen LogP contribution in [0.15, 0.2) is 0 Å². The molecule has 1 aliphatic heterocycles. The second-order valence-electron chi connectivity index (χ2n) is 4.37. The van der Waals surface area contributed by atoms with Gasteiger partial charge in [-0.15, -0.1) is 0 Å². The predicted octanol–water partition coefficient (Wildman–Crippen LogP) is 0.0471. The van der Waals surface area contributed by atoms with Gasteiger partial charge in [-0.1, -0.05) is 0 Å². The lowest BCUT2D eigenvalue weighted by atomic mass is 10.1. The van der Waals surface area contributed by atoms with E-state index in [2.05, 4.69) is 4.90 Å². The topological polar surface area (TPSA) is 49.8 Å². The van der Waals surface area contributed by atoms with Crippen molar-refractivity contribution in [1.29, 1.82) is 0 Å². The van der Waals surface area contributed by atoms with E-state index in [0.717, 1.165) is 19.4 Å². The Hall–Kier alpha value is -0.450. The zero-order valence-corrected chi connectivity index (χ0v) is 8.90. The molecule has 0 aliphatic carbocycles. The lowest BCUT2D eigenvalue weighted by Crippen LogP contribution is -2.53. The number of aldehydes is 1. The Labute approximate surface area is 84.8 Å². The highest BCUT2D eigenvalue weighted by Crippen LogP contribution is 2.20. The number of ether oxygens (including phenoxy) is 1. The Morgan fingerprint density at radius 1 is 1.64 bits per heavy atom. The van der Waals surface area contributed by atoms with Gasteiger partial charge in [0.05, 0.1) is 18.3 Å². The van der Waals surface area contributed by atoms with Gasteiger partial charge in [-0.2, -0.15) is 0 Å². The van der Waals surface area contributed by atoms with E-state index in [4.69, 9.17) is 9.84 Å². The first-order chi connectivity index (χ1) is 6.57. The van der Waals surface area contributed by atoms with Gasteiger partial charge in [0.1, 0.15) is 6.29 Å². The number of carbonyl (C=O) groups excluding carboxylic acids is 1. The van der Waals surface area contributed by atoms with Crippen molar-refractivity contribution in [3.05, 3.63) is 0 Å². The molecular weight excluding hydrogens is 182 g/mol. The fraction of sp³-hybridized carbons (Fsp3) is 0.900. The average molecular weight is 201 g/mol. The van der Waals surface area contributed by atoms with E-state index in [1.807, 2.05) is 13.8 Å². The van der Waals surface area contributed by atoms with E-state index in [-0.39, 0.29) is 18.3 Å². The monoisotopic (exact) mass is 201 g/mol. The summed E-state index contributed by atoms with van der Waals surface area (Å²) in [5, 5.41) is 9.05. The summed E-state index contributed by atoms with van der Waals surface area (Å²) < 4.78 is 5.65. The van der Waals surface area contributed by atoms with Gasteiger partial charge in [0.2, 0.25) is 0 Å². The average Bonchev–Trinajstić information content (AvgIpc) is 2.12. The third-order valence-electron chi connectivity index (χ3n) is 2.32. The van der Waals surface area contributed by atoms with Crippen LogP contribution >= 0.6 is 0 Å². The minimum atomic E-state index is -0.228. The van der Waals surface area contributed by atoms with Crippen molar-refractivity contribution in [2.45, 2.75) is 32.0 Å². The van der Waals surface area contributed by atoms with Gasteiger partial charge in [-0.3, -0.25) is 4.90 Å². The molecule has 14 heavy (non-hydrogen) atoms. The SMILES string of the molecule is CC1(C)CN(CCC=O)CC(CO)O1. The zero-order valence-electron chi connectivity index (χ0n) is 8.90. The molecule has 1 atom stereocenters. The summed E-state index contributed by atoms with van der Waals surface area (Å²) in [5.74, 6) is 0. The zero-order chi connectivity index (χ0) is 10.6. The van der Waals surface area contributed by atoms with E-state index in [1.54, 1.807) is 0 Å². The van der Waals surface area contributed by atoms with Crippen molar-refractivity contribution in [1.82, 2.24) is 4.90 Å². The molecule has 4 nitrogen and oxygen atoms in total. The minimum absolute atomic E-state index is 0.0427. The molecule has 0 saturated carbocycles. The molecule has 1 unspecified atom stereocenters. The third kappa shape index (κ3) is 3.36. The second-order valence-corrected chi connectivity index (χ2v) is 4.37. The Morgan fingerprint density at radius 3 is 2.93 bits per heavy atom. The largest absolute Gasteiger partial charge is 0.394 e. The molecule has 0 spiro atoms. The molecular formula is C10H19NO3. The first kappa shape index (κ1) is 11.6. The number of rotatable bonds is 4. The van der Waals surface area contributed by atoms with Gasteiger partial charge in [0.25, 0.3) is 0 Å². The lowest BCUT2D eigenvalue weighted by molar-refractivity contribution is -0.149. The Balaban J connectivity index is 2.47. The molecule has 82 valence electrons. The molecule has 4 heteroatoms. The summed E-state index contributed by atoms with van der Waals surface area (Å²) in [4.78, 5) is 12.4. The Bertz CT molecular complexity index is 194. The lowest BCUT2D eigenvalue weighted by Gasteiger charge is -2.42. The highest BCUT2D eigenvalue weighted by molar-refractivity contribution is 5.49. The number of morpholine rings is 1. The van der Waals surface area contributed by atoms with Crippen molar-refractivity contribution in [2.75, 3.05) is 26.2 Å². The van der Waals surface area contributed by atoms with Crippen molar-refractivity contribution >= 4 is 6.29 Å². The van der Waals surface area contributed by atoms with Crippen LogP contribution < -0.4 is 0 Å². The van der Waals surface area contributed by atoms with Gasteiger partial charge < -0.3 is 14.6 Å². The molecule has 1 heterocycles. The van der Waals surface area contributed by atoms with Crippen molar-refractivity contribution in [3.8, 4) is 0 Å².